The highest BCUT2D eigenvalue weighted by Crippen LogP contribution is 2.30. The first-order valence-electron chi connectivity index (χ1n) is 9.98. The summed E-state index contributed by atoms with van der Waals surface area (Å²) in [7, 11) is 1.71. The quantitative estimate of drug-likeness (QED) is 0.878. The van der Waals surface area contributed by atoms with Crippen LogP contribution in [-0.4, -0.2) is 56.7 Å². The maximum atomic E-state index is 12.5. The molecular formula is C21H33N3O2. The molecule has 5 nitrogen and oxygen atoms in total. The number of nitrogens with zero attached hydrogens (tertiary/aromatic N) is 2. The number of carbonyl (C=O) groups excluding carboxylic acids is 1. The second-order valence-corrected chi connectivity index (χ2v) is 7.88. The predicted octanol–water partition coefficient (Wildman–Crippen LogP) is 2.76. The third-order valence-corrected chi connectivity index (χ3v) is 6.22. The van der Waals surface area contributed by atoms with E-state index in [9.17, 15) is 4.79 Å². The summed E-state index contributed by atoms with van der Waals surface area (Å²) in [5.74, 6) is 2.38. The van der Waals surface area contributed by atoms with Gasteiger partial charge in [0.25, 0.3) is 0 Å². The van der Waals surface area contributed by atoms with E-state index in [0.29, 0.717) is 24.4 Å². The van der Waals surface area contributed by atoms with Gasteiger partial charge in [0.05, 0.1) is 19.3 Å². The van der Waals surface area contributed by atoms with Crippen LogP contribution in [0.2, 0.25) is 0 Å². The van der Waals surface area contributed by atoms with E-state index in [1.807, 2.05) is 18.2 Å². The summed E-state index contributed by atoms with van der Waals surface area (Å²) in [5, 5.41) is 3.29. The van der Waals surface area contributed by atoms with Gasteiger partial charge in [-0.25, -0.2) is 0 Å². The van der Waals surface area contributed by atoms with Crippen molar-refractivity contribution >= 4 is 11.6 Å². The maximum Gasteiger partial charge on any atom is 0.234 e. The van der Waals surface area contributed by atoms with Crippen LogP contribution < -0.4 is 15.0 Å². The van der Waals surface area contributed by atoms with Gasteiger partial charge in [-0.3, -0.25) is 9.69 Å². The van der Waals surface area contributed by atoms with E-state index in [2.05, 4.69) is 35.0 Å². The van der Waals surface area contributed by atoms with Crippen molar-refractivity contribution in [3.63, 3.8) is 0 Å². The highest BCUT2D eigenvalue weighted by atomic mass is 16.5. The Kier molecular flexibility index (Phi) is 6.41. The lowest BCUT2D eigenvalue weighted by Crippen LogP contribution is -2.52. The lowest BCUT2D eigenvalue weighted by atomic mass is 9.78. The summed E-state index contributed by atoms with van der Waals surface area (Å²) in [6.07, 6.45) is 3.64. The molecule has 1 heterocycles. The van der Waals surface area contributed by atoms with Crippen molar-refractivity contribution in [2.75, 3.05) is 44.7 Å². The molecule has 1 saturated heterocycles. The Morgan fingerprint density at radius 3 is 2.62 bits per heavy atom. The fraction of sp³-hybridized carbons (Fsp3) is 0.667. The molecule has 5 heteroatoms. The average Bonchev–Trinajstić information content (AvgIpc) is 2.66. The van der Waals surface area contributed by atoms with E-state index >= 15 is 0 Å². The Labute approximate surface area is 157 Å². The molecule has 1 aromatic rings. The molecule has 26 heavy (non-hydrogen) atoms. The zero-order valence-electron chi connectivity index (χ0n) is 16.4. The van der Waals surface area contributed by atoms with E-state index < -0.39 is 0 Å². The summed E-state index contributed by atoms with van der Waals surface area (Å²) < 4.78 is 5.47. The van der Waals surface area contributed by atoms with Crippen LogP contribution in [0.3, 0.4) is 0 Å². The molecule has 3 atom stereocenters. The van der Waals surface area contributed by atoms with Crippen molar-refractivity contribution in [1.29, 1.82) is 0 Å². The first-order chi connectivity index (χ1) is 12.6. The fourth-order valence-corrected chi connectivity index (χ4v) is 4.28. The molecule has 144 valence electrons. The van der Waals surface area contributed by atoms with Gasteiger partial charge < -0.3 is 15.0 Å². The van der Waals surface area contributed by atoms with Gasteiger partial charge in [0.2, 0.25) is 5.91 Å². The molecule has 1 saturated carbocycles. The lowest BCUT2D eigenvalue weighted by Gasteiger charge is -2.37. The number of nitrogens with one attached hydrogen (secondary N) is 1. The molecule has 1 aromatic carbocycles. The van der Waals surface area contributed by atoms with Crippen LogP contribution >= 0.6 is 0 Å². The fourth-order valence-electron chi connectivity index (χ4n) is 4.28. The van der Waals surface area contributed by atoms with Gasteiger partial charge in [-0.2, -0.15) is 0 Å². The van der Waals surface area contributed by atoms with E-state index in [0.717, 1.165) is 44.0 Å². The zero-order valence-corrected chi connectivity index (χ0v) is 16.4. The monoisotopic (exact) mass is 359 g/mol. The minimum absolute atomic E-state index is 0.182. The third-order valence-electron chi connectivity index (χ3n) is 6.22. The molecule has 0 radical (unpaired) electrons. The van der Waals surface area contributed by atoms with Crippen molar-refractivity contribution in [2.24, 2.45) is 11.8 Å². The number of para-hydroxylation sites is 2. The molecule has 0 bridgehead atoms. The van der Waals surface area contributed by atoms with Crippen LogP contribution in [0.1, 0.15) is 33.1 Å². The minimum atomic E-state index is 0.182. The first-order valence-corrected chi connectivity index (χ1v) is 9.98. The molecular weight excluding hydrogens is 326 g/mol. The highest BCUT2D eigenvalue weighted by Gasteiger charge is 2.29. The summed E-state index contributed by atoms with van der Waals surface area (Å²) >= 11 is 0. The van der Waals surface area contributed by atoms with E-state index in [1.165, 1.54) is 12.8 Å². The molecule has 1 amide bonds. The molecule has 0 aromatic heterocycles. The molecule has 2 fully saturated rings. The molecule has 2 aliphatic rings. The Morgan fingerprint density at radius 2 is 1.88 bits per heavy atom. The van der Waals surface area contributed by atoms with Crippen LogP contribution in [0.15, 0.2) is 24.3 Å². The number of ether oxygens (including phenoxy) is 1. The van der Waals surface area contributed by atoms with E-state index in [1.54, 1.807) is 7.11 Å². The molecule has 1 aliphatic carbocycles. The molecule has 3 rings (SSSR count). The summed E-state index contributed by atoms with van der Waals surface area (Å²) in [5.41, 5.74) is 1.14. The highest BCUT2D eigenvalue weighted by molar-refractivity contribution is 5.78. The average molecular weight is 360 g/mol. The van der Waals surface area contributed by atoms with E-state index in [4.69, 9.17) is 4.74 Å². The Balaban J connectivity index is 1.47. The smallest absolute Gasteiger partial charge is 0.234 e. The SMILES string of the molecule is COc1ccccc1N1CCN(CC(=O)N[C@@H]2CCC[C@@H](C)[C@@H]2C)CC1. The number of methoxy groups -OCH3 is 1. The first kappa shape index (κ1) is 19.0. The maximum absolute atomic E-state index is 12.5. The van der Waals surface area contributed by atoms with Crippen LogP contribution in [0.4, 0.5) is 5.69 Å². The second-order valence-electron chi connectivity index (χ2n) is 7.88. The number of hydrogen-bond acceptors (Lipinski definition) is 4. The largest absolute Gasteiger partial charge is 0.495 e. The number of carbonyl (C=O) groups is 1. The van der Waals surface area contributed by atoms with Crippen LogP contribution in [0, 0.1) is 11.8 Å². The number of hydrogen-bond donors (Lipinski definition) is 1. The summed E-state index contributed by atoms with van der Waals surface area (Å²) in [4.78, 5) is 17.1. The molecule has 0 unspecified atom stereocenters. The molecule has 0 spiro atoms. The lowest BCUT2D eigenvalue weighted by molar-refractivity contribution is -0.123. The standard InChI is InChI=1S/C21H33N3O2/c1-16-7-6-8-18(17(16)2)22-21(25)15-23-11-13-24(14-12-23)19-9-4-5-10-20(19)26-3/h4-5,9-10,16-18H,6-8,11-15H2,1-3H3,(H,22,25)/t16-,17+,18-/m1/s1. The second kappa shape index (κ2) is 8.76. The van der Waals surface area contributed by atoms with Gasteiger partial charge in [0, 0.05) is 32.2 Å². The van der Waals surface area contributed by atoms with Crippen LogP contribution in [0.25, 0.3) is 0 Å². The Hall–Kier alpha value is -1.75. The summed E-state index contributed by atoms with van der Waals surface area (Å²) in [6, 6.07) is 8.50. The molecule has 1 N–H and O–H groups in total. The van der Waals surface area contributed by atoms with Gasteiger partial charge in [-0.15, -0.1) is 0 Å². The number of benzene rings is 1. The summed E-state index contributed by atoms with van der Waals surface area (Å²) in [6.45, 7) is 8.75. The zero-order chi connectivity index (χ0) is 18.5. The van der Waals surface area contributed by atoms with Gasteiger partial charge in [-0.1, -0.05) is 38.8 Å². The van der Waals surface area contributed by atoms with E-state index in [-0.39, 0.29) is 5.91 Å². The molecule has 1 aliphatic heterocycles. The Morgan fingerprint density at radius 1 is 1.15 bits per heavy atom. The topological polar surface area (TPSA) is 44.8 Å². The predicted molar refractivity (Wildman–Crippen MR) is 106 cm³/mol. The minimum Gasteiger partial charge on any atom is -0.495 e. The van der Waals surface area contributed by atoms with Crippen molar-refractivity contribution < 1.29 is 9.53 Å². The number of rotatable bonds is 5. The normalized spacial score (nSPS) is 27.2. The van der Waals surface area contributed by atoms with Crippen molar-refractivity contribution in [2.45, 2.75) is 39.2 Å². The van der Waals surface area contributed by atoms with Crippen LogP contribution in [-0.2, 0) is 4.79 Å². The third kappa shape index (κ3) is 4.50. The Bertz CT molecular complexity index is 599. The van der Waals surface area contributed by atoms with Crippen molar-refractivity contribution in [3.8, 4) is 5.75 Å². The van der Waals surface area contributed by atoms with Gasteiger partial charge >= 0.3 is 0 Å². The van der Waals surface area contributed by atoms with Crippen LogP contribution in [0.5, 0.6) is 5.75 Å². The van der Waals surface area contributed by atoms with Crippen molar-refractivity contribution in [3.05, 3.63) is 24.3 Å². The number of piperazine rings is 1. The van der Waals surface area contributed by atoms with Gasteiger partial charge in [0.15, 0.2) is 0 Å². The van der Waals surface area contributed by atoms with Crippen molar-refractivity contribution in [1.82, 2.24) is 10.2 Å². The van der Waals surface area contributed by atoms with Gasteiger partial charge in [0.1, 0.15) is 5.75 Å². The number of anilines is 1. The number of amides is 1. The van der Waals surface area contributed by atoms with Gasteiger partial charge in [-0.05, 0) is 30.4 Å².